The zero-order valence-corrected chi connectivity index (χ0v) is 12.0. The van der Waals surface area contributed by atoms with Gasteiger partial charge in [0.1, 0.15) is 11.3 Å². The van der Waals surface area contributed by atoms with Crippen LogP contribution in [0.5, 0.6) is 5.75 Å². The van der Waals surface area contributed by atoms with E-state index in [-0.39, 0.29) is 18.1 Å². The van der Waals surface area contributed by atoms with Crippen LogP contribution < -0.4 is 10.5 Å². The molecule has 20 heavy (non-hydrogen) atoms. The highest BCUT2D eigenvalue weighted by Crippen LogP contribution is 2.21. The average molecular weight is 280 g/mol. The van der Waals surface area contributed by atoms with E-state index in [1.807, 2.05) is 0 Å². The van der Waals surface area contributed by atoms with Crippen LogP contribution >= 0.6 is 0 Å². The quantitative estimate of drug-likeness (QED) is 0.482. The summed E-state index contributed by atoms with van der Waals surface area (Å²) in [5, 5.41) is 0. The van der Waals surface area contributed by atoms with Gasteiger partial charge in [-0.05, 0) is 24.6 Å². The third-order valence-corrected chi connectivity index (χ3v) is 2.71. The second kappa shape index (κ2) is 7.37. The van der Waals surface area contributed by atoms with Gasteiger partial charge in [0.15, 0.2) is 0 Å². The molecule has 0 bridgehead atoms. The summed E-state index contributed by atoms with van der Waals surface area (Å²) in [7, 11) is 4.84. The lowest BCUT2D eigenvalue weighted by atomic mass is 10.2. The van der Waals surface area contributed by atoms with Gasteiger partial charge in [-0.3, -0.25) is 4.79 Å². The molecule has 0 aliphatic heterocycles. The number of nitrogens with zero attached hydrogens (tertiary/aromatic N) is 1. The predicted molar refractivity (Wildman–Crippen MR) is 75.6 cm³/mol. The molecule has 0 aliphatic rings. The minimum absolute atomic E-state index is 0.00239. The molecule has 6 heteroatoms. The number of carbonyl (C=O) groups is 2. The molecule has 0 saturated heterocycles. The Morgan fingerprint density at radius 1 is 1.30 bits per heavy atom. The van der Waals surface area contributed by atoms with Crippen molar-refractivity contribution in [3.63, 3.8) is 0 Å². The maximum absolute atomic E-state index is 11.9. The number of hydrogen-bond donors (Lipinski definition) is 1. The standard InChI is InChI=1S/C14H20N2O4/c1-16(2)13(17)5-4-8-20-14(18)11-9-10(15)6-7-12(11)19-3/h6-7,9H,4-5,8,15H2,1-3H3. The second-order valence-electron chi connectivity index (χ2n) is 4.49. The van der Waals surface area contributed by atoms with Crippen LogP contribution in [0.4, 0.5) is 5.69 Å². The second-order valence-corrected chi connectivity index (χ2v) is 4.49. The van der Waals surface area contributed by atoms with Crippen LogP contribution in [-0.4, -0.2) is 44.6 Å². The fourth-order valence-electron chi connectivity index (χ4n) is 1.57. The molecule has 0 spiro atoms. The first-order valence-corrected chi connectivity index (χ1v) is 6.26. The molecule has 1 aromatic carbocycles. The van der Waals surface area contributed by atoms with Crippen LogP contribution in [0.3, 0.4) is 0 Å². The van der Waals surface area contributed by atoms with E-state index in [0.29, 0.717) is 24.3 Å². The molecule has 0 fully saturated rings. The number of nitrogen functional groups attached to an aromatic ring is 1. The van der Waals surface area contributed by atoms with Crippen LogP contribution in [-0.2, 0) is 9.53 Å². The van der Waals surface area contributed by atoms with Crippen molar-refractivity contribution in [1.29, 1.82) is 0 Å². The van der Waals surface area contributed by atoms with Gasteiger partial charge in [0.05, 0.1) is 13.7 Å². The van der Waals surface area contributed by atoms with Crippen molar-refractivity contribution in [2.24, 2.45) is 0 Å². The Hall–Kier alpha value is -2.24. The Kier molecular flexibility index (Phi) is 5.83. The van der Waals surface area contributed by atoms with Crippen molar-refractivity contribution in [2.45, 2.75) is 12.8 Å². The normalized spacial score (nSPS) is 9.95. The van der Waals surface area contributed by atoms with Gasteiger partial charge >= 0.3 is 5.97 Å². The van der Waals surface area contributed by atoms with Gasteiger partial charge in [-0.2, -0.15) is 0 Å². The minimum atomic E-state index is -0.508. The Morgan fingerprint density at radius 2 is 2.00 bits per heavy atom. The third-order valence-electron chi connectivity index (χ3n) is 2.71. The average Bonchev–Trinajstić information content (AvgIpc) is 2.42. The van der Waals surface area contributed by atoms with Gasteiger partial charge in [-0.1, -0.05) is 0 Å². The number of nitrogens with two attached hydrogens (primary N) is 1. The molecule has 0 atom stereocenters. The van der Waals surface area contributed by atoms with E-state index in [0.717, 1.165) is 0 Å². The summed E-state index contributed by atoms with van der Waals surface area (Å²) in [6.07, 6.45) is 0.821. The maximum atomic E-state index is 11.9. The van der Waals surface area contributed by atoms with E-state index < -0.39 is 5.97 Å². The van der Waals surface area contributed by atoms with Gasteiger partial charge in [0, 0.05) is 26.2 Å². The van der Waals surface area contributed by atoms with Crippen LogP contribution in [0.2, 0.25) is 0 Å². The Bertz CT molecular complexity index is 486. The first kappa shape index (κ1) is 15.8. The highest BCUT2D eigenvalue weighted by molar-refractivity contribution is 5.93. The monoisotopic (exact) mass is 280 g/mol. The van der Waals surface area contributed by atoms with E-state index in [4.69, 9.17) is 15.2 Å². The zero-order chi connectivity index (χ0) is 15.1. The fraction of sp³-hybridized carbons (Fsp3) is 0.429. The van der Waals surface area contributed by atoms with Crippen molar-refractivity contribution in [1.82, 2.24) is 4.90 Å². The summed E-state index contributed by atoms with van der Waals surface area (Å²) in [4.78, 5) is 24.8. The number of methoxy groups -OCH3 is 1. The van der Waals surface area contributed by atoms with Gasteiger partial charge in [-0.25, -0.2) is 4.79 Å². The molecule has 1 amide bonds. The molecule has 1 rings (SSSR count). The summed E-state index contributed by atoms with van der Waals surface area (Å²) < 4.78 is 10.2. The van der Waals surface area contributed by atoms with Gasteiger partial charge in [0.25, 0.3) is 0 Å². The van der Waals surface area contributed by atoms with Crippen molar-refractivity contribution in [2.75, 3.05) is 33.5 Å². The summed E-state index contributed by atoms with van der Waals surface area (Å²) in [5.41, 5.74) is 6.38. The molecule has 0 aromatic heterocycles. The highest BCUT2D eigenvalue weighted by atomic mass is 16.5. The molecule has 0 radical (unpaired) electrons. The topological polar surface area (TPSA) is 81.9 Å². The SMILES string of the molecule is COc1ccc(N)cc1C(=O)OCCCC(=O)N(C)C. The summed E-state index contributed by atoms with van der Waals surface area (Å²) >= 11 is 0. The molecule has 0 aliphatic carbocycles. The lowest BCUT2D eigenvalue weighted by Crippen LogP contribution is -2.21. The van der Waals surface area contributed by atoms with E-state index in [1.54, 1.807) is 26.2 Å². The van der Waals surface area contributed by atoms with E-state index in [2.05, 4.69) is 0 Å². The largest absolute Gasteiger partial charge is 0.496 e. The lowest BCUT2D eigenvalue weighted by Gasteiger charge is -2.11. The van der Waals surface area contributed by atoms with Crippen LogP contribution in [0, 0.1) is 0 Å². The van der Waals surface area contributed by atoms with E-state index in [9.17, 15) is 9.59 Å². The van der Waals surface area contributed by atoms with Crippen molar-refractivity contribution in [3.8, 4) is 5.75 Å². The molecule has 6 nitrogen and oxygen atoms in total. The molecule has 0 unspecified atom stereocenters. The van der Waals surface area contributed by atoms with Crippen molar-refractivity contribution >= 4 is 17.6 Å². The summed E-state index contributed by atoms with van der Waals surface area (Å²) in [6, 6.07) is 4.76. The van der Waals surface area contributed by atoms with Crippen molar-refractivity contribution in [3.05, 3.63) is 23.8 Å². The molecule has 1 aromatic rings. The van der Waals surface area contributed by atoms with Crippen LogP contribution in [0.15, 0.2) is 18.2 Å². The molecule has 110 valence electrons. The predicted octanol–water partition coefficient (Wildman–Crippen LogP) is 1.30. The van der Waals surface area contributed by atoms with Crippen LogP contribution in [0.1, 0.15) is 23.2 Å². The zero-order valence-electron chi connectivity index (χ0n) is 12.0. The fourth-order valence-corrected chi connectivity index (χ4v) is 1.57. The number of anilines is 1. The lowest BCUT2D eigenvalue weighted by molar-refractivity contribution is -0.128. The molecule has 0 saturated carbocycles. The smallest absolute Gasteiger partial charge is 0.341 e. The number of benzene rings is 1. The Labute approximate surface area is 118 Å². The minimum Gasteiger partial charge on any atom is -0.496 e. The first-order chi connectivity index (χ1) is 9.45. The maximum Gasteiger partial charge on any atom is 0.341 e. The molecule has 2 N–H and O–H groups in total. The molecule has 0 heterocycles. The number of rotatable bonds is 6. The highest BCUT2D eigenvalue weighted by Gasteiger charge is 2.14. The Morgan fingerprint density at radius 3 is 2.60 bits per heavy atom. The summed E-state index contributed by atoms with van der Waals surface area (Å²) in [5.74, 6) is -0.0948. The Balaban J connectivity index is 2.51. The number of carbonyl (C=O) groups excluding carboxylic acids is 2. The number of amides is 1. The number of hydrogen-bond acceptors (Lipinski definition) is 5. The van der Waals surface area contributed by atoms with Crippen LogP contribution in [0.25, 0.3) is 0 Å². The number of esters is 1. The molecular formula is C14H20N2O4. The van der Waals surface area contributed by atoms with Crippen molar-refractivity contribution < 1.29 is 19.1 Å². The first-order valence-electron chi connectivity index (χ1n) is 6.26. The molecular weight excluding hydrogens is 260 g/mol. The third kappa shape index (κ3) is 4.46. The number of ether oxygens (including phenoxy) is 2. The summed E-state index contributed by atoms with van der Waals surface area (Å²) in [6.45, 7) is 0.177. The van der Waals surface area contributed by atoms with E-state index >= 15 is 0 Å². The van der Waals surface area contributed by atoms with Gasteiger partial charge in [0.2, 0.25) is 5.91 Å². The van der Waals surface area contributed by atoms with Gasteiger partial charge < -0.3 is 20.1 Å². The van der Waals surface area contributed by atoms with E-state index in [1.165, 1.54) is 18.1 Å². The van der Waals surface area contributed by atoms with Gasteiger partial charge in [-0.15, -0.1) is 0 Å².